The highest BCUT2D eigenvalue weighted by molar-refractivity contribution is 5.14. The van der Waals surface area contributed by atoms with E-state index in [9.17, 15) is 5.11 Å². The number of hydrogen-bond donors (Lipinski definition) is 1. The molecule has 1 unspecified atom stereocenters. The predicted octanol–water partition coefficient (Wildman–Crippen LogP) is 1.81. The Bertz CT molecular complexity index is 225. The van der Waals surface area contributed by atoms with Crippen LogP contribution in [0.15, 0.2) is 11.8 Å². The second-order valence-electron chi connectivity index (χ2n) is 4.02. The maximum atomic E-state index is 9.73. The molecule has 1 aliphatic carbocycles. The molecule has 80 valence electrons. The fraction of sp³-hybridized carbons (Fsp3) is 0.818. The minimum Gasteiger partial charge on any atom is -0.472 e. The van der Waals surface area contributed by atoms with E-state index in [1.54, 1.807) is 6.26 Å². The molecular weight excluding hydrogens is 180 g/mol. The van der Waals surface area contributed by atoms with Crippen LogP contribution in [-0.4, -0.2) is 24.1 Å². The normalized spacial score (nSPS) is 37.0. The topological polar surface area (TPSA) is 38.7 Å². The van der Waals surface area contributed by atoms with Crippen LogP contribution < -0.4 is 0 Å². The van der Waals surface area contributed by atoms with Gasteiger partial charge in [-0.05, 0) is 37.7 Å². The van der Waals surface area contributed by atoms with Gasteiger partial charge in [0.15, 0.2) is 6.29 Å². The summed E-state index contributed by atoms with van der Waals surface area (Å²) in [7, 11) is 0. The first-order chi connectivity index (χ1) is 6.81. The number of ether oxygens (including phenoxy) is 2. The average Bonchev–Trinajstić information content (AvgIpc) is 2.18. The number of hydrogen-bond acceptors (Lipinski definition) is 3. The van der Waals surface area contributed by atoms with Gasteiger partial charge in [-0.25, -0.2) is 0 Å². The predicted molar refractivity (Wildman–Crippen MR) is 52.5 cm³/mol. The molecule has 0 aromatic carbocycles. The fourth-order valence-electron chi connectivity index (χ4n) is 2.33. The van der Waals surface area contributed by atoms with E-state index < -0.39 is 0 Å². The third-order valence-corrected chi connectivity index (χ3v) is 3.07. The van der Waals surface area contributed by atoms with Gasteiger partial charge in [0.1, 0.15) is 0 Å². The number of fused-ring (bicyclic) bond motifs is 1. The average molecular weight is 198 g/mol. The Balaban J connectivity index is 2.01. The summed E-state index contributed by atoms with van der Waals surface area (Å²) in [5, 5.41) is 9.73. The van der Waals surface area contributed by atoms with Crippen LogP contribution in [0.5, 0.6) is 0 Å². The van der Waals surface area contributed by atoms with Crippen molar-refractivity contribution in [2.75, 3.05) is 6.61 Å². The lowest BCUT2D eigenvalue weighted by molar-refractivity contribution is -0.126. The maximum absolute atomic E-state index is 9.73. The molecule has 0 spiro atoms. The molecule has 3 heteroatoms. The Labute approximate surface area is 84.7 Å². The van der Waals surface area contributed by atoms with Crippen molar-refractivity contribution < 1.29 is 14.6 Å². The molecule has 0 aromatic heterocycles. The summed E-state index contributed by atoms with van der Waals surface area (Å²) >= 11 is 0. The van der Waals surface area contributed by atoms with Gasteiger partial charge in [-0.3, -0.25) is 0 Å². The molecule has 2 rings (SSSR count). The molecule has 14 heavy (non-hydrogen) atoms. The fourth-order valence-corrected chi connectivity index (χ4v) is 2.33. The van der Waals surface area contributed by atoms with Crippen molar-refractivity contribution in [2.24, 2.45) is 5.92 Å². The Hall–Kier alpha value is -0.540. The Morgan fingerprint density at radius 3 is 3.21 bits per heavy atom. The van der Waals surface area contributed by atoms with Gasteiger partial charge < -0.3 is 14.6 Å². The van der Waals surface area contributed by atoms with Crippen molar-refractivity contribution in [2.45, 2.75) is 45.0 Å². The van der Waals surface area contributed by atoms with Crippen molar-refractivity contribution in [1.82, 2.24) is 0 Å². The highest BCUT2D eigenvalue weighted by atomic mass is 16.7. The summed E-state index contributed by atoms with van der Waals surface area (Å²) in [6, 6.07) is 0. The number of rotatable bonds is 2. The van der Waals surface area contributed by atoms with Gasteiger partial charge in [0.25, 0.3) is 0 Å². The molecule has 3 atom stereocenters. The Morgan fingerprint density at radius 1 is 1.57 bits per heavy atom. The zero-order valence-corrected chi connectivity index (χ0v) is 8.61. The molecule has 0 amide bonds. The summed E-state index contributed by atoms with van der Waals surface area (Å²) in [5.41, 5.74) is 1.08. The second-order valence-corrected chi connectivity index (χ2v) is 4.02. The number of aliphatic hydroxyl groups excluding tert-OH is 1. The third kappa shape index (κ3) is 1.93. The first-order valence-corrected chi connectivity index (χ1v) is 5.46. The summed E-state index contributed by atoms with van der Waals surface area (Å²) < 4.78 is 10.8. The summed E-state index contributed by atoms with van der Waals surface area (Å²) in [6.07, 6.45) is 5.40. The molecule has 0 aromatic rings. The lowest BCUT2D eigenvalue weighted by Gasteiger charge is -2.35. The van der Waals surface area contributed by atoms with Crippen molar-refractivity contribution >= 4 is 0 Å². The van der Waals surface area contributed by atoms with Gasteiger partial charge >= 0.3 is 0 Å². The molecule has 0 saturated heterocycles. The van der Waals surface area contributed by atoms with E-state index in [4.69, 9.17) is 9.47 Å². The Kier molecular flexibility index (Phi) is 3.08. The summed E-state index contributed by atoms with van der Waals surface area (Å²) in [4.78, 5) is 0. The van der Waals surface area contributed by atoms with Crippen LogP contribution in [-0.2, 0) is 9.47 Å². The van der Waals surface area contributed by atoms with Crippen molar-refractivity contribution in [1.29, 1.82) is 0 Å². The quantitative estimate of drug-likeness (QED) is 0.735. The van der Waals surface area contributed by atoms with Crippen LogP contribution in [0.3, 0.4) is 0 Å². The summed E-state index contributed by atoms with van der Waals surface area (Å²) in [5.74, 6) is 0.476. The van der Waals surface area contributed by atoms with E-state index in [2.05, 4.69) is 0 Å². The second kappa shape index (κ2) is 4.32. The van der Waals surface area contributed by atoms with Crippen LogP contribution in [0.2, 0.25) is 0 Å². The van der Waals surface area contributed by atoms with Crippen molar-refractivity contribution in [3.05, 3.63) is 11.8 Å². The SMILES string of the molecule is CCO[C@H]1C[C@H]2CCCC(O)C2=CO1. The van der Waals surface area contributed by atoms with Gasteiger partial charge in [-0.15, -0.1) is 0 Å². The summed E-state index contributed by atoms with van der Waals surface area (Å²) in [6.45, 7) is 2.65. The van der Waals surface area contributed by atoms with E-state index in [1.165, 1.54) is 0 Å². The Morgan fingerprint density at radius 2 is 2.43 bits per heavy atom. The zero-order chi connectivity index (χ0) is 9.97. The standard InChI is InChI=1S/C11H18O3/c1-2-13-11-6-8-4-3-5-10(12)9(8)7-14-11/h7-8,10-12H,2-6H2,1H3/t8-,10?,11-/m1/s1. The molecule has 1 saturated carbocycles. The zero-order valence-electron chi connectivity index (χ0n) is 8.61. The minimum atomic E-state index is -0.281. The number of aliphatic hydroxyl groups is 1. The molecule has 1 aliphatic heterocycles. The smallest absolute Gasteiger partial charge is 0.199 e. The highest BCUT2D eigenvalue weighted by Crippen LogP contribution is 2.36. The van der Waals surface area contributed by atoms with Gasteiger partial charge in [0.2, 0.25) is 0 Å². The van der Waals surface area contributed by atoms with E-state index in [0.717, 1.165) is 31.3 Å². The first-order valence-electron chi connectivity index (χ1n) is 5.46. The van der Waals surface area contributed by atoms with Crippen LogP contribution >= 0.6 is 0 Å². The molecule has 1 fully saturated rings. The van der Waals surface area contributed by atoms with Crippen LogP contribution in [0, 0.1) is 5.92 Å². The molecule has 2 aliphatic rings. The molecule has 1 heterocycles. The monoisotopic (exact) mass is 198 g/mol. The van der Waals surface area contributed by atoms with Crippen LogP contribution in [0.1, 0.15) is 32.6 Å². The minimum absolute atomic E-state index is 0.0981. The molecule has 3 nitrogen and oxygen atoms in total. The highest BCUT2D eigenvalue weighted by Gasteiger charge is 2.32. The maximum Gasteiger partial charge on any atom is 0.199 e. The van der Waals surface area contributed by atoms with E-state index in [-0.39, 0.29) is 12.4 Å². The lowest BCUT2D eigenvalue weighted by atomic mass is 9.80. The van der Waals surface area contributed by atoms with Crippen molar-refractivity contribution in [3.63, 3.8) is 0 Å². The lowest BCUT2D eigenvalue weighted by Crippen LogP contribution is -2.32. The van der Waals surface area contributed by atoms with Crippen LogP contribution in [0.25, 0.3) is 0 Å². The van der Waals surface area contributed by atoms with Gasteiger partial charge in [0.05, 0.1) is 12.4 Å². The van der Waals surface area contributed by atoms with E-state index in [1.807, 2.05) is 6.92 Å². The van der Waals surface area contributed by atoms with E-state index in [0.29, 0.717) is 12.5 Å². The van der Waals surface area contributed by atoms with Crippen molar-refractivity contribution in [3.8, 4) is 0 Å². The third-order valence-electron chi connectivity index (χ3n) is 3.07. The van der Waals surface area contributed by atoms with Gasteiger partial charge in [0, 0.05) is 13.0 Å². The molecule has 0 radical (unpaired) electrons. The van der Waals surface area contributed by atoms with E-state index >= 15 is 0 Å². The van der Waals surface area contributed by atoms with Gasteiger partial charge in [-0.2, -0.15) is 0 Å². The first kappa shape index (κ1) is 9.99. The molecular formula is C11H18O3. The van der Waals surface area contributed by atoms with Gasteiger partial charge in [-0.1, -0.05) is 0 Å². The molecule has 1 N–H and O–H groups in total. The van der Waals surface area contributed by atoms with Crippen LogP contribution in [0.4, 0.5) is 0 Å². The molecule has 0 bridgehead atoms. The largest absolute Gasteiger partial charge is 0.472 e.